The highest BCUT2D eigenvalue weighted by Crippen LogP contribution is 2.33. The van der Waals surface area contributed by atoms with Gasteiger partial charge in [-0.1, -0.05) is 18.2 Å². The van der Waals surface area contributed by atoms with E-state index in [0.717, 1.165) is 55.0 Å². The average Bonchev–Trinajstić information content (AvgIpc) is 3.35. The third-order valence-electron chi connectivity index (χ3n) is 7.43. The predicted octanol–water partition coefficient (Wildman–Crippen LogP) is 3.82. The molecule has 1 atom stereocenters. The molecule has 184 valence electrons. The Morgan fingerprint density at radius 3 is 2.72 bits per heavy atom. The second-order valence-electron chi connectivity index (χ2n) is 9.72. The number of hydrogen-bond acceptors (Lipinski definition) is 6. The van der Waals surface area contributed by atoms with Crippen molar-refractivity contribution in [2.45, 2.75) is 31.8 Å². The van der Waals surface area contributed by atoms with Gasteiger partial charge in [-0.2, -0.15) is 0 Å². The molecule has 4 heterocycles. The summed E-state index contributed by atoms with van der Waals surface area (Å²) in [6.45, 7) is 3.61. The summed E-state index contributed by atoms with van der Waals surface area (Å²) in [5, 5.41) is 0. The van der Waals surface area contributed by atoms with Crippen LogP contribution in [0, 0.1) is 0 Å². The summed E-state index contributed by atoms with van der Waals surface area (Å²) in [5.41, 5.74) is 6.24. The maximum Gasteiger partial charge on any atom is 0.272 e. The summed E-state index contributed by atoms with van der Waals surface area (Å²) < 4.78 is 0. The smallest absolute Gasteiger partial charge is 0.272 e. The zero-order valence-electron chi connectivity index (χ0n) is 20.6. The number of nitrogens with one attached hydrogen (secondary N) is 1. The lowest BCUT2D eigenvalue weighted by atomic mass is 9.91. The number of aromatic nitrogens is 4. The first-order chi connectivity index (χ1) is 17.7. The Balaban J connectivity index is 1.17. The largest absolute Gasteiger partial charge is 0.366 e. The maximum absolute atomic E-state index is 12.8. The molecule has 36 heavy (non-hydrogen) atoms. The van der Waals surface area contributed by atoms with Crippen molar-refractivity contribution in [3.8, 4) is 0 Å². The fourth-order valence-electron chi connectivity index (χ4n) is 5.56. The van der Waals surface area contributed by atoms with E-state index in [2.05, 4.69) is 51.1 Å². The van der Waals surface area contributed by atoms with Crippen LogP contribution in [0.25, 0.3) is 11.0 Å². The van der Waals surface area contributed by atoms with Crippen molar-refractivity contribution < 1.29 is 4.79 Å². The van der Waals surface area contributed by atoms with E-state index >= 15 is 0 Å². The lowest BCUT2D eigenvalue weighted by Crippen LogP contribution is -2.49. The third kappa shape index (κ3) is 4.33. The van der Waals surface area contributed by atoms with Crippen LogP contribution in [0.15, 0.2) is 60.9 Å². The summed E-state index contributed by atoms with van der Waals surface area (Å²) in [6, 6.07) is 16.3. The molecular weight excluding hydrogens is 450 g/mol. The average molecular weight is 482 g/mol. The Labute approximate surface area is 211 Å². The Kier molecular flexibility index (Phi) is 6.11. The minimum absolute atomic E-state index is 0.00247. The van der Waals surface area contributed by atoms with E-state index in [9.17, 15) is 4.79 Å². The molecule has 2 aliphatic rings. The normalized spacial score (nSPS) is 18.0. The van der Waals surface area contributed by atoms with Gasteiger partial charge in [0.25, 0.3) is 5.91 Å². The number of pyridine rings is 2. The van der Waals surface area contributed by atoms with Crippen LogP contribution in [0.4, 0.5) is 5.69 Å². The van der Waals surface area contributed by atoms with Crippen LogP contribution in [0.3, 0.4) is 0 Å². The van der Waals surface area contributed by atoms with Crippen LogP contribution in [0.2, 0.25) is 0 Å². The molecule has 8 nitrogen and oxygen atoms in total. The van der Waals surface area contributed by atoms with Crippen molar-refractivity contribution in [1.82, 2.24) is 29.7 Å². The van der Waals surface area contributed by atoms with E-state index in [1.807, 2.05) is 29.3 Å². The van der Waals surface area contributed by atoms with Crippen molar-refractivity contribution in [3.05, 3.63) is 83.7 Å². The molecule has 0 bridgehead atoms. The van der Waals surface area contributed by atoms with E-state index < -0.39 is 0 Å². The van der Waals surface area contributed by atoms with Gasteiger partial charge in [0.2, 0.25) is 0 Å². The Morgan fingerprint density at radius 2 is 1.89 bits per heavy atom. The van der Waals surface area contributed by atoms with E-state index in [4.69, 9.17) is 9.97 Å². The van der Waals surface area contributed by atoms with Crippen LogP contribution >= 0.6 is 0 Å². The fourth-order valence-corrected chi connectivity index (χ4v) is 5.56. The molecular formula is C28H31N7O. The van der Waals surface area contributed by atoms with Crippen LogP contribution in [-0.4, -0.2) is 68.9 Å². The summed E-state index contributed by atoms with van der Waals surface area (Å²) in [4.78, 5) is 36.9. The van der Waals surface area contributed by atoms with Gasteiger partial charge in [-0.25, -0.2) is 4.98 Å². The number of aryl methyl sites for hydroxylation is 1. The van der Waals surface area contributed by atoms with E-state index in [1.165, 1.54) is 17.7 Å². The van der Waals surface area contributed by atoms with Gasteiger partial charge < -0.3 is 14.8 Å². The maximum atomic E-state index is 12.8. The molecule has 6 rings (SSSR count). The molecule has 1 saturated heterocycles. The first kappa shape index (κ1) is 22.7. The van der Waals surface area contributed by atoms with Gasteiger partial charge in [0.15, 0.2) is 0 Å². The molecule has 1 aliphatic carbocycles. The summed E-state index contributed by atoms with van der Waals surface area (Å²) in [6.07, 6.45) is 6.99. The second-order valence-corrected chi connectivity index (χ2v) is 9.72. The predicted molar refractivity (Wildman–Crippen MR) is 140 cm³/mol. The number of nitrogens with zero attached hydrogens (tertiary/aromatic N) is 6. The Hall–Kier alpha value is -3.78. The summed E-state index contributed by atoms with van der Waals surface area (Å²) in [7, 11) is 2.17. The van der Waals surface area contributed by atoms with E-state index in [0.29, 0.717) is 24.8 Å². The minimum atomic E-state index is -0.00247. The van der Waals surface area contributed by atoms with Gasteiger partial charge >= 0.3 is 0 Å². The molecule has 1 aliphatic heterocycles. The Morgan fingerprint density at radius 1 is 1.03 bits per heavy atom. The number of carbonyl (C=O) groups is 1. The number of anilines is 1. The first-order valence-electron chi connectivity index (χ1n) is 12.7. The standard InChI is InChI=1S/C28H31N7O/c1-33(23-11-4-7-20-8-6-14-30-26(20)23)19-25-31-21-10-5-12-24(27(21)32-25)34-15-17-35(18-16-34)28(36)22-9-2-3-13-29-22/h2-3,5-6,8-10,12-14,23H,4,7,11,15-19H2,1H3,(H,31,32). The monoisotopic (exact) mass is 481 g/mol. The van der Waals surface area contributed by atoms with Crippen LogP contribution in [0.1, 0.15) is 46.5 Å². The number of H-pyrrole nitrogens is 1. The number of carbonyl (C=O) groups excluding carboxylic acids is 1. The van der Waals surface area contributed by atoms with Gasteiger partial charge in [0, 0.05) is 38.6 Å². The number of rotatable bonds is 5. The van der Waals surface area contributed by atoms with E-state index in [-0.39, 0.29) is 5.91 Å². The molecule has 1 amide bonds. The van der Waals surface area contributed by atoms with Gasteiger partial charge in [-0.05, 0) is 62.2 Å². The molecule has 1 aromatic carbocycles. The molecule has 0 radical (unpaired) electrons. The number of fused-ring (bicyclic) bond motifs is 2. The quantitative estimate of drug-likeness (QED) is 0.467. The highest BCUT2D eigenvalue weighted by molar-refractivity contribution is 5.93. The van der Waals surface area contributed by atoms with Gasteiger partial charge in [0.1, 0.15) is 17.0 Å². The minimum Gasteiger partial charge on any atom is -0.366 e. The zero-order valence-corrected chi connectivity index (χ0v) is 20.6. The van der Waals surface area contributed by atoms with Crippen molar-refractivity contribution in [3.63, 3.8) is 0 Å². The van der Waals surface area contributed by atoms with Crippen molar-refractivity contribution in [2.75, 3.05) is 38.1 Å². The topological polar surface area (TPSA) is 81.3 Å². The Bertz CT molecular complexity index is 1360. The fraction of sp³-hybridized carbons (Fsp3) is 0.357. The zero-order chi connectivity index (χ0) is 24.5. The number of aromatic amines is 1. The molecule has 8 heteroatoms. The number of imidazole rings is 1. The number of piperazine rings is 1. The van der Waals surface area contributed by atoms with Crippen molar-refractivity contribution in [2.24, 2.45) is 0 Å². The second kappa shape index (κ2) is 9.70. The van der Waals surface area contributed by atoms with Gasteiger partial charge in [-0.3, -0.25) is 19.7 Å². The highest BCUT2D eigenvalue weighted by atomic mass is 16.2. The first-order valence-corrected chi connectivity index (χ1v) is 12.7. The molecule has 1 N–H and O–H groups in total. The summed E-state index contributed by atoms with van der Waals surface area (Å²) in [5.74, 6) is 0.962. The number of amides is 1. The van der Waals surface area contributed by atoms with Crippen molar-refractivity contribution >= 4 is 22.6 Å². The molecule has 1 fully saturated rings. The van der Waals surface area contributed by atoms with Gasteiger partial charge in [0.05, 0.1) is 29.5 Å². The summed E-state index contributed by atoms with van der Waals surface area (Å²) >= 11 is 0. The van der Waals surface area contributed by atoms with Crippen LogP contribution in [-0.2, 0) is 13.0 Å². The highest BCUT2D eigenvalue weighted by Gasteiger charge is 2.27. The number of hydrogen-bond donors (Lipinski definition) is 1. The lowest BCUT2D eigenvalue weighted by molar-refractivity contribution is 0.0741. The lowest BCUT2D eigenvalue weighted by Gasteiger charge is -2.36. The molecule has 1 unspecified atom stereocenters. The molecule has 0 saturated carbocycles. The van der Waals surface area contributed by atoms with Gasteiger partial charge in [-0.15, -0.1) is 0 Å². The number of para-hydroxylation sites is 1. The number of benzene rings is 1. The molecule has 4 aromatic rings. The SMILES string of the molecule is CN(Cc1nc2c(N3CCN(C(=O)c4ccccn4)CC3)cccc2[nH]1)C1CCCc2cccnc21. The third-order valence-corrected chi connectivity index (χ3v) is 7.43. The van der Waals surface area contributed by atoms with Crippen LogP contribution in [0.5, 0.6) is 0 Å². The molecule has 0 spiro atoms. The van der Waals surface area contributed by atoms with Crippen LogP contribution < -0.4 is 4.90 Å². The molecule has 3 aromatic heterocycles. The van der Waals surface area contributed by atoms with Crippen molar-refractivity contribution in [1.29, 1.82) is 0 Å². The van der Waals surface area contributed by atoms with E-state index in [1.54, 1.807) is 12.3 Å².